The molecule has 1 N–H and O–H groups in total. The molecular weight excluding hydrogens is 204 g/mol. The summed E-state index contributed by atoms with van der Waals surface area (Å²) in [7, 11) is 0. The minimum atomic E-state index is 0.464. The zero-order chi connectivity index (χ0) is 10.7. The van der Waals surface area contributed by atoms with E-state index in [0.717, 1.165) is 11.7 Å². The Balaban J connectivity index is 1.96. The summed E-state index contributed by atoms with van der Waals surface area (Å²) in [5.41, 5.74) is 1.37. The summed E-state index contributed by atoms with van der Waals surface area (Å²) in [4.78, 5) is 4.50. The first-order valence-corrected chi connectivity index (χ1v) is 6.16. The monoisotopic (exact) mass is 220 g/mol. The average Bonchev–Trinajstić information content (AvgIpc) is 2.67. The van der Waals surface area contributed by atoms with Crippen molar-refractivity contribution in [3.8, 4) is 0 Å². The van der Waals surface area contributed by atoms with Gasteiger partial charge in [0.15, 0.2) is 5.17 Å². The van der Waals surface area contributed by atoms with Gasteiger partial charge >= 0.3 is 0 Å². The van der Waals surface area contributed by atoms with Gasteiger partial charge in [-0.25, -0.2) is 0 Å². The minimum Gasteiger partial charge on any atom is -0.363 e. The van der Waals surface area contributed by atoms with Gasteiger partial charge in [0.05, 0.1) is 11.8 Å². The van der Waals surface area contributed by atoms with Crippen LogP contribution in [-0.4, -0.2) is 17.8 Å². The third-order valence-electron chi connectivity index (χ3n) is 2.24. The number of nitrogens with zero attached hydrogens (tertiary/aromatic N) is 1. The Kier molecular flexibility index (Phi) is 3.31. The molecule has 1 heterocycles. The lowest BCUT2D eigenvalue weighted by atomic mass is 10.1. The van der Waals surface area contributed by atoms with Gasteiger partial charge < -0.3 is 5.32 Å². The molecule has 2 nitrogen and oxygen atoms in total. The van der Waals surface area contributed by atoms with Gasteiger partial charge in [0.1, 0.15) is 0 Å². The van der Waals surface area contributed by atoms with Crippen molar-refractivity contribution in [2.75, 3.05) is 6.54 Å². The van der Waals surface area contributed by atoms with Crippen LogP contribution in [0.25, 0.3) is 0 Å². The molecule has 2 rings (SSSR count). The molecule has 0 bridgehead atoms. The van der Waals surface area contributed by atoms with Crippen molar-refractivity contribution < 1.29 is 0 Å². The van der Waals surface area contributed by atoms with Crippen LogP contribution in [0.5, 0.6) is 0 Å². The summed E-state index contributed by atoms with van der Waals surface area (Å²) >= 11 is 1.83. The molecule has 1 aliphatic rings. The second kappa shape index (κ2) is 4.71. The molecule has 80 valence electrons. The maximum Gasteiger partial charge on any atom is 0.157 e. The molecule has 0 amide bonds. The fraction of sp³-hybridized carbons (Fsp3) is 0.417. The fourth-order valence-corrected chi connectivity index (χ4v) is 2.71. The zero-order valence-corrected chi connectivity index (χ0v) is 9.92. The molecule has 15 heavy (non-hydrogen) atoms. The molecule has 1 aromatic carbocycles. The highest BCUT2D eigenvalue weighted by atomic mass is 32.2. The Bertz CT molecular complexity index is 346. The lowest BCUT2D eigenvalue weighted by Crippen LogP contribution is -2.26. The number of rotatable bonds is 2. The molecule has 1 atom stereocenters. The number of aliphatic imine (C=N–C) groups is 1. The maximum absolute atomic E-state index is 4.50. The molecule has 0 spiro atoms. The predicted octanol–water partition coefficient (Wildman–Crippen LogP) is 2.83. The summed E-state index contributed by atoms with van der Waals surface area (Å²) < 4.78 is 0. The zero-order valence-electron chi connectivity index (χ0n) is 9.10. The van der Waals surface area contributed by atoms with E-state index in [1.165, 1.54) is 5.56 Å². The molecule has 1 aromatic rings. The molecule has 1 unspecified atom stereocenters. The van der Waals surface area contributed by atoms with E-state index in [-0.39, 0.29) is 0 Å². The highest BCUT2D eigenvalue weighted by molar-refractivity contribution is 8.14. The average molecular weight is 220 g/mol. The first-order chi connectivity index (χ1) is 7.25. The van der Waals surface area contributed by atoms with Crippen LogP contribution in [-0.2, 0) is 0 Å². The van der Waals surface area contributed by atoms with E-state index in [4.69, 9.17) is 0 Å². The van der Waals surface area contributed by atoms with Gasteiger partial charge in [-0.3, -0.25) is 4.99 Å². The van der Waals surface area contributed by atoms with Crippen molar-refractivity contribution in [2.45, 2.75) is 25.1 Å². The SMILES string of the molecule is CC(C)NC1=NCC(c2ccccc2)S1. The maximum atomic E-state index is 4.50. The summed E-state index contributed by atoms with van der Waals surface area (Å²) in [5.74, 6) is 0. The van der Waals surface area contributed by atoms with Crippen molar-refractivity contribution >= 4 is 16.9 Å². The van der Waals surface area contributed by atoms with Crippen LogP contribution in [0.3, 0.4) is 0 Å². The van der Waals surface area contributed by atoms with E-state index in [9.17, 15) is 0 Å². The van der Waals surface area contributed by atoms with Crippen LogP contribution in [0, 0.1) is 0 Å². The summed E-state index contributed by atoms with van der Waals surface area (Å²) in [6.07, 6.45) is 0. The van der Waals surface area contributed by atoms with Gasteiger partial charge in [0.2, 0.25) is 0 Å². The minimum absolute atomic E-state index is 0.464. The molecule has 0 fully saturated rings. The van der Waals surface area contributed by atoms with E-state index in [1.54, 1.807) is 0 Å². The molecule has 0 aromatic heterocycles. The summed E-state index contributed by atoms with van der Waals surface area (Å²) in [6.45, 7) is 5.17. The van der Waals surface area contributed by atoms with Crippen molar-refractivity contribution in [1.29, 1.82) is 0 Å². The Hall–Kier alpha value is -0.960. The normalized spacial score (nSPS) is 20.5. The Morgan fingerprint density at radius 1 is 1.33 bits per heavy atom. The first-order valence-electron chi connectivity index (χ1n) is 5.28. The molecule has 0 saturated carbocycles. The number of amidine groups is 1. The Labute approximate surface area is 95.2 Å². The summed E-state index contributed by atoms with van der Waals surface area (Å²) in [6, 6.07) is 11.0. The van der Waals surface area contributed by atoms with E-state index >= 15 is 0 Å². The molecule has 1 aliphatic heterocycles. The van der Waals surface area contributed by atoms with Gasteiger partial charge in [-0.2, -0.15) is 0 Å². The van der Waals surface area contributed by atoms with Crippen LogP contribution < -0.4 is 5.32 Å². The van der Waals surface area contributed by atoms with Gasteiger partial charge in [-0.1, -0.05) is 42.1 Å². The summed E-state index contributed by atoms with van der Waals surface area (Å²) in [5, 5.41) is 4.93. The lowest BCUT2D eigenvalue weighted by Gasteiger charge is -2.11. The van der Waals surface area contributed by atoms with Gasteiger partial charge in [0, 0.05) is 6.04 Å². The lowest BCUT2D eigenvalue weighted by molar-refractivity contribution is 0.739. The highest BCUT2D eigenvalue weighted by Crippen LogP contribution is 2.34. The van der Waals surface area contributed by atoms with E-state index < -0.39 is 0 Å². The third-order valence-corrected chi connectivity index (χ3v) is 3.41. The second-order valence-corrected chi connectivity index (χ2v) is 5.15. The van der Waals surface area contributed by atoms with E-state index in [0.29, 0.717) is 11.3 Å². The largest absolute Gasteiger partial charge is 0.363 e. The second-order valence-electron chi connectivity index (χ2n) is 3.96. The fourth-order valence-electron chi connectivity index (χ4n) is 1.54. The van der Waals surface area contributed by atoms with Gasteiger partial charge in [-0.15, -0.1) is 0 Å². The number of benzene rings is 1. The molecule has 3 heteroatoms. The standard InChI is InChI=1S/C12H16N2S/c1-9(2)14-12-13-8-11(15-12)10-6-4-3-5-7-10/h3-7,9,11H,8H2,1-2H3,(H,13,14). The van der Waals surface area contributed by atoms with Gasteiger partial charge in [-0.05, 0) is 19.4 Å². The van der Waals surface area contributed by atoms with Crippen molar-refractivity contribution in [3.63, 3.8) is 0 Å². The Morgan fingerprint density at radius 2 is 2.07 bits per heavy atom. The highest BCUT2D eigenvalue weighted by Gasteiger charge is 2.21. The van der Waals surface area contributed by atoms with Crippen LogP contribution >= 0.6 is 11.8 Å². The van der Waals surface area contributed by atoms with Gasteiger partial charge in [0.25, 0.3) is 0 Å². The molecule has 0 radical (unpaired) electrons. The van der Waals surface area contributed by atoms with Crippen LogP contribution in [0.2, 0.25) is 0 Å². The molecular formula is C12H16N2S. The smallest absolute Gasteiger partial charge is 0.157 e. The van der Waals surface area contributed by atoms with E-state index in [1.807, 2.05) is 11.8 Å². The van der Waals surface area contributed by atoms with Crippen molar-refractivity contribution in [2.24, 2.45) is 4.99 Å². The molecule has 0 aliphatic carbocycles. The topological polar surface area (TPSA) is 24.4 Å². The number of nitrogens with one attached hydrogen (secondary N) is 1. The van der Waals surface area contributed by atoms with Crippen LogP contribution in [0.15, 0.2) is 35.3 Å². The van der Waals surface area contributed by atoms with Crippen molar-refractivity contribution in [1.82, 2.24) is 5.32 Å². The van der Waals surface area contributed by atoms with E-state index in [2.05, 4.69) is 54.5 Å². The quantitative estimate of drug-likeness (QED) is 0.829. The first kappa shape index (κ1) is 10.6. The van der Waals surface area contributed by atoms with Crippen LogP contribution in [0.1, 0.15) is 24.7 Å². The number of hydrogen-bond donors (Lipinski definition) is 1. The number of thioether (sulfide) groups is 1. The Morgan fingerprint density at radius 3 is 2.73 bits per heavy atom. The third kappa shape index (κ3) is 2.75. The molecule has 0 saturated heterocycles. The number of hydrogen-bond acceptors (Lipinski definition) is 3. The van der Waals surface area contributed by atoms with Crippen molar-refractivity contribution in [3.05, 3.63) is 35.9 Å². The van der Waals surface area contributed by atoms with Crippen LogP contribution in [0.4, 0.5) is 0 Å². The predicted molar refractivity (Wildman–Crippen MR) is 67.3 cm³/mol.